The van der Waals surface area contributed by atoms with Gasteiger partial charge in [-0.25, -0.2) is 0 Å². The van der Waals surface area contributed by atoms with Crippen molar-refractivity contribution in [3.8, 4) is 0 Å². The number of hydrogen-bond donors (Lipinski definition) is 2. The van der Waals surface area contributed by atoms with Crippen LogP contribution < -0.4 is 10.7 Å². The van der Waals surface area contributed by atoms with Gasteiger partial charge in [-0.05, 0) is 63.6 Å². The van der Waals surface area contributed by atoms with Crippen molar-refractivity contribution < 1.29 is 0 Å². The molecule has 0 saturated heterocycles. The van der Waals surface area contributed by atoms with Gasteiger partial charge in [-0.2, -0.15) is 5.10 Å². The zero-order chi connectivity index (χ0) is 21.1. The highest BCUT2D eigenvalue weighted by Gasteiger charge is 2.18. The van der Waals surface area contributed by atoms with Gasteiger partial charge in [0, 0.05) is 24.5 Å². The molecule has 0 aliphatic carbocycles. The third-order valence-electron chi connectivity index (χ3n) is 4.48. The van der Waals surface area contributed by atoms with Crippen LogP contribution in [0.1, 0.15) is 39.8 Å². The molecule has 2 rings (SSSR count). The number of rotatable bonds is 9. The van der Waals surface area contributed by atoms with Gasteiger partial charge in [-0.3, -0.25) is 9.98 Å². The Hall–Kier alpha value is -3.21. The molecule has 0 saturated carbocycles. The molecule has 5 nitrogen and oxygen atoms in total. The van der Waals surface area contributed by atoms with Crippen molar-refractivity contribution in [3.63, 3.8) is 0 Å². The average Bonchev–Trinajstić information content (AvgIpc) is 3.08. The molecule has 0 spiro atoms. The van der Waals surface area contributed by atoms with Crippen molar-refractivity contribution in [3.05, 3.63) is 84.0 Å². The lowest BCUT2D eigenvalue weighted by Gasteiger charge is -2.13. The molecular weight excluding hydrogens is 358 g/mol. The zero-order valence-corrected chi connectivity index (χ0v) is 17.8. The molecule has 0 aromatic carbocycles. The van der Waals surface area contributed by atoms with E-state index in [9.17, 15) is 0 Å². The summed E-state index contributed by atoms with van der Waals surface area (Å²) in [5.74, 6) is 0. The Morgan fingerprint density at radius 2 is 2.14 bits per heavy atom. The summed E-state index contributed by atoms with van der Waals surface area (Å²) >= 11 is 0. The van der Waals surface area contributed by atoms with E-state index in [1.165, 1.54) is 16.8 Å². The van der Waals surface area contributed by atoms with Gasteiger partial charge in [0.1, 0.15) is 0 Å². The fraction of sp³-hybridized carbons (Fsp3) is 0.292. The summed E-state index contributed by atoms with van der Waals surface area (Å²) in [6.45, 7) is 12.8. The molecule has 0 bridgehead atoms. The highest BCUT2D eigenvalue weighted by molar-refractivity contribution is 6.12. The monoisotopic (exact) mass is 389 g/mol. The van der Waals surface area contributed by atoms with Gasteiger partial charge in [0.25, 0.3) is 0 Å². The lowest BCUT2D eigenvalue weighted by atomic mass is 10.0. The minimum Gasteiger partial charge on any atom is -0.382 e. The number of nitrogens with one attached hydrogen (secondary N) is 2. The minimum atomic E-state index is 0.178. The van der Waals surface area contributed by atoms with Gasteiger partial charge in [0.05, 0.1) is 29.7 Å². The number of nitrogens with zero attached hydrogens (tertiary/aromatic N) is 3. The van der Waals surface area contributed by atoms with Crippen LogP contribution in [0.15, 0.2) is 88.4 Å². The summed E-state index contributed by atoms with van der Waals surface area (Å²) in [7, 11) is 0. The number of pyridine rings is 1. The molecule has 0 amide bonds. The van der Waals surface area contributed by atoms with Gasteiger partial charge >= 0.3 is 0 Å². The highest BCUT2D eigenvalue weighted by Crippen LogP contribution is 2.17. The Morgan fingerprint density at radius 1 is 1.31 bits per heavy atom. The third kappa shape index (κ3) is 7.03. The molecule has 0 radical (unpaired) electrons. The first-order valence-electron chi connectivity index (χ1n) is 9.88. The van der Waals surface area contributed by atoms with Crippen LogP contribution in [-0.4, -0.2) is 29.0 Å². The van der Waals surface area contributed by atoms with Crippen molar-refractivity contribution in [1.82, 2.24) is 15.7 Å². The number of hydrogen-bond acceptors (Lipinski definition) is 5. The van der Waals surface area contributed by atoms with Crippen LogP contribution in [0.3, 0.4) is 0 Å². The molecule has 1 atom stereocenters. The minimum absolute atomic E-state index is 0.178. The number of hydrazone groups is 1. The van der Waals surface area contributed by atoms with Gasteiger partial charge in [-0.1, -0.05) is 30.4 Å². The smallest absolute Gasteiger partial charge is 0.0880 e. The van der Waals surface area contributed by atoms with E-state index in [-0.39, 0.29) is 6.04 Å². The molecule has 0 fully saturated rings. The van der Waals surface area contributed by atoms with Gasteiger partial charge in [-0.15, -0.1) is 0 Å². The topological polar surface area (TPSA) is 61.7 Å². The van der Waals surface area contributed by atoms with Crippen molar-refractivity contribution >= 4 is 17.5 Å². The maximum absolute atomic E-state index is 4.46. The molecule has 2 heterocycles. The molecule has 1 aliphatic rings. The Labute approximate surface area is 174 Å². The standard InChI is InChI=1S/C24H31N5/c1-6-15-25-20(7-2)17-27-23(18(3)4)14-12-22-19(5)28-29-24(22)13-11-21-10-8-9-16-26-21/h6-13,15-16,19,27-28H,2,14,17H2,1,3-5H3/b13-11+,15-6-,22-12+,25-20?. The normalized spacial score (nSPS) is 18.2. The van der Waals surface area contributed by atoms with Gasteiger partial charge in [0.15, 0.2) is 0 Å². The summed E-state index contributed by atoms with van der Waals surface area (Å²) in [4.78, 5) is 8.71. The highest BCUT2D eigenvalue weighted by atomic mass is 15.3. The fourth-order valence-electron chi connectivity index (χ4n) is 2.78. The first kappa shape index (κ1) is 22.1. The van der Waals surface area contributed by atoms with Crippen molar-refractivity contribution in [2.75, 3.05) is 6.54 Å². The summed E-state index contributed by atoms with van der Waals surface area (Å²) in [5.41, 5.74) is 9.54. The average molecular weight is 390 g/mol. The van der Waals surface area contributed by atoms with E-state index in [1.807, 2.05) is 43.4 Å². The van der Waals surface area contributed by atoms with Crippen molar-refractivity contribution in [2.45, 2.75) is 40.2 Å². The molecule has 1 aliphatic heterocycles. The Bertz CT molecular complexity index is 866. The second-order valence-corrected chi connectivity index (χ2v) is 6.94. The summed E-state index contributed by atoms with van der Waals surface area (Å²) in [5, 5.41) is 7.97. The molecule has 1 aromatic heterocycles. The van der Waals surface area contributed by atoms with Crippen LogP contribution in [-0.2, 0) is 0 Å². The molecule has 5 heteroatoms. The van der Waals surface area contributed by atoms with Crippen LogP contribution >= 0.6 is 0 Å². The maximum atomic E-state index is 4.46. The molecule has 2 N–H and O–H groups in total. The van der Waals surface area contributed by atoms with Crippen molar-refractivity contribution in [2.24, 2.45) is 10.1 Å². The van der Waals surface area contributed by atoms with Crippen LogP contribution in [0.4, 0.5) is 0 Å². The van der Waals surface area contributed by atoms with Crippen LogP contribution in [0, 0.1) is 0 Å². The van der Waals surface area contributed by atoms with Crippen LogP contribution in [0.5, 0.6) is 0 Å². The Morgan fingerprint density at radius 3 is 2.79 bits per heavy atom. The summed E-state index contributed by atoms with van der Waals surface area (Å²) in [6, 6.07) is 6.04. The predicted molar refractivity (Wildman–Crippen MR) is 125 cm³/mol. The number of allylic oxidation sites excluding steroid dienone is 4. The first-order valence-corrected chi connectivity index (χ1v) is 9.88. The van der Waals surface area contributed by atoms with Crippen LogP contribution in [0.25, 0.3) is 6.08 Å². The first-order chi connectivity index (χ1) is 14.0. The second kappa shape index (κ2) is 11.6. The van der Waals surface area contributed by atoms with Crippen LogP contribution in [0.2, 0.25) is 0 Å². The van der Waals surface area contributed by atoms with E-state index >= 15 is 0 Å². The lowest BCUT2D eigenvalue weighted by molar-refractivity contribution is 0.690. The van der Waals surface area contributed by atoms with E-state index in [4.69, 9.17) is 0 Å². The quantitative estimate of drug-likeness (QED) is 0.596. The second-order valence-electron chi connectivity index (χ2n) is 6.94. The molecule has 29 heavy (non-hydrogen) atoms. The largest absolute Gasteiger partial charge is 0.382 e. The Kier molecular flexibility index (Phi) is 8.83. The van der Waals surface area contributed by atoms with E-state index < -0.39 is 0 Å². The van der Waals surface area contributed by atoms with E-state index in [2.05, 4.69) is 59.2 Å². The molecular formula is C24H31N5. The maximum Gasteiger partial charge on any atom is 0.0880 e. The molecule has 152 valence electrons. The van der Waals surface area contributed by atoms with E-state index in [0.29, 0.717) is 6.54 Å². The predicted octanol–water partition coefficient (Wildman–Crippen LogP) is 4.80. The molecule has 1 unspecified atom stereocenters. The molecule has 1 aromatic rings. The van der Waals surface area contributed by atoms with Crippen molar-refractivity contribution in [1.29, 1.82) is 0 Å². The van der Waals surface area contributed by atoms with Gasteiger partial charge in [0.2, 0.25) is 0 Å². The zero-order valence-electron chi connectivity index (χ0n) is 17.8. The Balaban J connectivity index is 2.09. The number of aromatic nitrogens is 1. The van der Waals surface area contributed by atoms with E-state index in [1.54, 1.807) is 18.5 Å². The third-order valence-corrected chi connectivity index (χ3v) is 4.48. The lowest BCUT2D eigenvalue weighted by Crippen LogP contribution is -2.22. The SMILES string of the molecule is C=CC(CNC(C/C=C1/C(/C=C/c2ccccn2)=NNC1C)=C(C)C)=N/C=C\C. The van der Waals surface area contributed by atoms with Gasteiger partial charge < -0.3 is 10.7 Å². The number of aliphatic imine (C=N–C) groups is 1. The summed E-state index contributed by atoms with van der Waals surface area (Å²) in [6.07, 6.45) is 14.3. The fourth-order valence-corrected chi connectivity index (χ4v) is 2.78. The van der Waals surface area contributed by atoms with E-state index in [0.717, 1.165) is 23.5 Å². The summed E-state index contributed by atoms with van der Waals surface area (Å²) < 4.78 is 0.